The SMILES string of the molecule is CC(=O)C(C)Sc1ncc(-c2ccc(F)cc2)o1. The number of benzene rings is 1. The molecule has 0 saturated carbocycles. The molecule has 0 fully saturated rings. The van der Waals surface area contributed by atoms with E-state index in [1.54, 1.807) is 25.3 Å². The van der Waals surface area contributed by atoms with Gasteiger partial charge in [0.25, 0.3) is 5.22 Å². The topological polar surface area (TPSA) is 43.1 Å². The Labute approximate surface area is 108 Å². The molecule has 1 aromatic carbocycles. The van der Waals surface area contributed by atoms with Crippen molar-refractivity contribution >= 4 is 17.5 Å². The third kappa shape index (κ3) is 2.98. The smallest absolute Gasteiger partial charge is 0.256 e. The van der Waals surface area contributed by atoms with Gasteiger partial charge in [0.05, 0.1) is 11.4 Å². The van der Waals surface area contributed by atoms with Crippen LogP contribution in [0.1, 0.15) is 13.8 Å². The number of hydrogen-bond acceptors (Lipinski definition) is 4. The average molecular weight is 265 g/mol. The number of ketones is 1. The zero-order valence-corrected chi connectivity index (χ0v) is 10.8. The molecule has 1 aromatic heterocycles. The molecule has 3 nitrogen and oxygen atoms in total. The molecule has 0 N–H and O–H groups in total. The highest BCUT2D eigenvalue weighted by Gasteiger charge is 2.14. The maximum atomic E-state index is 12.8. The van der Waals surface area contributed by atoms with E-state index in [-0.39, 0.29) is 16.9 Å². The fourth-order valence-corrected chi connectivity index (χ4v) is 2.01. The second-order valence-electron chi connectivity index (χ2n) is 3.87. The molecule has 1 heterocycles. The molecular formula is C13H12FNO2S. The van der Waals surface area contributed by atoms with Crippen molar-refractivity contribution in [3.8, 4) is 11.3 Å². The molecule has 1 atom stereocenters. The van der Waals surface area contributed by atoms with Gasteiger partial charge < -0.3 is 4.42 Å². The van der Waals surface area contributed by atoms with Crippen molar-refractivity contribution in [2.45, 2.75) is 24.3 Å². The van der Waals surface area contributed by atoms with Crippen molar-refractivity contribution in [3.05, 3.63) is 36.3 Å². The zero-order chi connectivity index (χ0) is 13.1. The van der Waals surface area contributed by atoms with E-state index in [4.69, 9.17) is 4.42 Å². The highest BCUT2D eigenvalue weighted by atomic mass is 32.2. The van der Waals surface area contributed by atoms with Crippen molar-refractivity contribution < 1.29 is 13.6 Å². The summed E-state index contributed by atoms with van der Waals surface area (Å²) in [6, 6.07) is 5.98. The summed E-state index contributed by atoms with van der Waals surface area (Å²) in [5.41, 5.74) is 0.756. The Morgan fingerprint density at radius 3 is 2.67 bits per heavy atom. The molecule has 0 saturated heterocycles. The molecule has 0 bridgehead atoms. The van der Waals surface area contributed by atoms with Crippen LogP contribution in [0.3, 0.4) is 0 Å². The first-order valence-electron chi connectivity index (χ1n) is 5.45. The van der Waals surface area contributed by atoms with E-state index in [0.717, 1.165) is 5.56 Å². The molecule has 2 aromatic rings. The molecule has 0 aliphatic rings. The van der Waals surface area contributed by atoms with Crippen LogP contribution in [0.5, 0.6) is 0 Å². The van der Waals surface area contributed by atoms with Gasteiger partial charge in [-0.25, -0.2) is 9.37 Å². The van der Waals surface area contributed by atoms with E-state index in [2.05, 4.69) is 4.98 Å². The Bertz CT molecular complexity index is 550. The van der Waals surface area contributed by atoms with Gasteiger partial charge in [-0.3, -0.25) is 4.79 Å². The first kappa shape index (κ1) is 12.8. The lowest BCUT2D eigenvalue weighted by molar-refractivity contribution is -0.116. The van der Waals surface area contributed by atoms with Crippen LogP contribution in [-0.2, 0) is 4.79 Å². The maximum Gasteiger partial charge on any atom is 0.256 e. The zero-order valence-electron chi connectivity index (χ0n) is 10.0. The number of thioether (sulfide) groups is 1. The lowest BCUT2D eigenvalue weighted by Crippen LogP contribution is -2.07. The number of aromatic nitrogens is 1. The number of nitrogens with zero attached hydrogens (tertiary/aromatic N) is 1. The molecule has 94 valence electrons. The second-order valence-corrected chi connectivity index (χ2v) is 5.16. The van der Waals surface area contributed by atoms with Crippen LogP contribution in [0.15, 0.2) is 40.1 Å². The summed E-state index contributed by atoms with van der Waals surface area (Å²) in [7, 11) is 0. The minimum atomic E-state index is -0.293. The van der Waals surface area contributed by atoms with E-state index in [1.807, 2.05) is 0 Å². The molecule has 0 aliphatic heterocycles. The highest BCUT2D eigenvalue weighted by molar-refractivity contribution is 8.00. The summed E-state index contributed by atoms with van der Waals surface area (Å²) in [5.74, 6) is 0.341. The second kappa shape index (κ2) is 5.35. The molecule has 0 spiro atoms. The number of carbonyl (C=O) groups excluding carboxylic acids is 1. The third-order valence-corrected chi connectivity index (χ3v) is 3.54. The number of oxazole rings is 1. The summed E-state index contributed by atoms with van der Waals surface area (Å²) in [4.78, 5) is 15.2. The van der Waals surface area contributed by atoms with Gasteiger partial charge in [0.15, 0.2) is 5.76 Å². The van der Waals surface area contributed by atoms with Crippen LogP contribution >= 0.6 is 11.8 Å². The summed E-state index contributed by atoms with van der Waals surface area (Å²) in [5, 5.41) is 0.252. The van der Waals surface area contributed by atoms with Crippen LogP contribution in [-0.4, -0.2) is 16.0 Å². The highest BCUT2D eigenvalue weighted by Crippen LogP contribution is 2.28. The van der Waals surface area contributed by atoms with Gasteiger partial charge in [-0.05, 0) is 38.1 Å². The number of Topliss-reactive ketones (excluding diaryl/α,β-unsaturated/α-hetero) is 1. The third-order valence-electron chi connectivity index (χ3n) is 2.46. The standard InChI is InChI=1S/C13H12FNO2S/c1-8(16)9(2)18-13-15-7-12(17-13)10-3-5-11(14)6-4-10/h3-7,9H,1-2H3. The number of hydrogen-bond donors (Lipinski definition) is 0. The lowest BCUT2D eigenvalue weighted by Gasteiger charge is -2.02. The summed E-state index contributed by atoms with van der Waals surface area (Å²) in [6.45, 7) is 3.33. The van der Waals surface area contributed by atoms with E-state index < -0.39 is 0 Å². The van der Waals surface area contributed by atoms with Crippen LogP contribution in [0.4, 0.5) is 4.39 Å². The molecule has 2 rings (SSSR count). The number of rotatable bonds is 4. The maximum absolute atomic E-state index is 12.8. The van der Waals surface area contributed by atoms with Gasteiger partial charge in [0.2, 0.25) is 0 Å². The first-order chi connectivity index (χ1) is 8.56. The van der Waals surface area contributed by atoms with Crippen molar-refractivity contribution in [2.24, 2.45) is 0 Å². The van der Waals surface area contributed by atoms with Gasteiger partial charge in [0.1, 0.15) is 11.6 Å². The fourth-order valence-electron chi connectivity index (χ4n) is 1.29. The first-order valence-corrected chi connectivity index (χ1v) is 6.33. The van der Waals surface area contributed by atoms with Gasteiger partial charge >= 0.3 is 0 Å². The van der Waals surface area contributed by atoms with Gasteiger partial charge in [-0.2, -0.15) is 0 Å². The predicted octanol–water partition coefficient (Wildman–Crippen LogP) is 3.55. The van der Waals surface area contributed by atoms with E-state index in [0.29, 0.717) is 11.0 Å². The molecule has 18 heavy (non-hydrogen) atoms. The summed E-state index contributed by atoms with van der Waals surface area (Å²) >= 11 is 1.27. The molecular weight excluding hydrogens is 253 g/mol. The Morgan fingerprint density at radius 1 is 1.39 bits per heavy atom. The normalized spacial score (nSPS) is 12.4. The molecule has 0 amide bonds. The Hall–Kier alpha value is -1.62. The van der Waals surface area contributed by atoms with Crippen molar-refractivity contribution in [1.29, 1.82) is 0 Å². The Balaban J connectivity index is 2.15. The average Bonchev–Trinajstić information content (AvgIpc) is 2.78. The molecule has 0 aliphatic carbocycles. The Kier molecular flexibility index (Phi) is 3.81. The largest absolute Gasteiger partial charge is 0.431 e. The summed E-state index contributed by atoms with van der Waals surface area (Å²) in [6.07, 6.45) is 1.57. The Morgan fingerprint density at radius 2 is 2.06 bits per heavy atom. The van der Waals surface area contributed by atoms with Crippen LogP contribution < -0.4 is 0 Å². The van der Waals surface area contributed by atoms with Crippen molar-refractivity contribution in [1.82, 2.24) is 4.98 Å². The predicted molar refractivity (Wildman–Crippen MR) is 67.9 cm³/mol. The van der Waals surface area contributed by atoms with E-state index in [9.17, 15) is 9.18 Å². The van der Waals surface area contributed by atoms with Gasteiger partial charge in [-0.15, -0.1) is 0 Å². The quantitative estimate of drug-likeness (QED) is 0.793. The number of halogens is 1. The van der Waals surface area contributed by atoms with E-state index in [1.165, 1.54) is 30.8 Å². The molecule has 1 unspecified atom stereocenters. The van der Waals surface area contributed by atoms with Crippen molar-refractivity contribution in [2.75, 3.05) is 0 Å². The monoisotopic (exact) mass is 265 g/mol. The van der Waals surface area contributed by atoms with Gasteiger partial charge in [0, 0.05) is 5.56 Å². The summed E-state index contributed by atoms with van der Waals surface area (Å²) < 4.78 is 18.3. The number of carbonyl (C=O) groups is 1. The van der Waals surface area contributed by atoms with Crippen LogP contribution in [0, 0.1) is 5.82 Å². The minimum absolute atomic E-state index is 0.0709. The molecule has 0 radical (unpaired) electrons. The van der Waals surface area contributed by atoms with Crippen LogP contribution in [0.2, 0.25) is 0 Å². The minimum Gasteiger partial charge on any atom is -0.431 e. The van der Waals surface area contributed by atoms with Gasteiger partial charge in [-0.1, -0.05) is 11.8 Å². The van der Waals surface area contributed by atoms with Crippen LogP contribution in [0.25, 0.3) is 11.3 Å². The van der Waals surface area contributed by atoms with Crippen molar-refractivity contribution in [3.63, 3.8) is 0 Å². The lowest BCUT2D eigenvalue weighted by atomic mass is 10.2. The molecule has 5 heteroatoms. The fraction of sp³-hybridized carbons (Fsp3) is 0.231. The van der Waals surface area contributed by atoms with E-state index >= 15 is 0 Å².